The molecule has 0 radical (unpaired) electrons. The van der Waals surface area contributed by atoms with E-state index in [1.54, 1.807) is 32.9 Å². The number of likely N-dealkylation sites (tertiary alicyclic amines) is 1. The molecule has 1 saturated heterocycles. The van der Waals surface area contributed by atoms with Gasteiger partial charge in [-0.15, -0.1) is 0 Å². The topological polar surface area (TPSA) is 113 Å². The number of aliphatic hydroxyl groups excluding tert-OH is 1. The Morgan fingerprint density at radius 3 is 2.26 bits per heavy atom. The summed E-state index contributed by atoms with van der Waals surface area (Å²) in [7, 11) is -3.36. The van der Waals surface area contributed by atoms with Crippen LogP contribution in [0.2, 0.25) is 0 Å². The molecule has 1 heterocycles. The third-order valence-electron chi connectivity index (χ3n) is 5.75. The van der Waals surface area contributed by atoms with E-state index in [9.17, 15) is 23.1 Å². The molecule has 1 amide bonds. The van der Waals surface area contributed by atoms with Crippen molar-refractivity contribution in [3.63, 3.8) is 0 Å². The monoisotopic (exact) mass is 504 g/mol. The summed E-state index contributed by atoms with van der Waals surface area (Å²) >= 11 is 0. The first-order valence-corrected chi connectivity index (χ1v) is 12.3. The van der Waals surface area contributed by atoms with Crippen molar-refractivity contribution in [1.82, 2.24) is 9.21 Å². The molecule has 0 unspecified atom stereocenters. The van der Waals surface area contributed by atoms with Crippen LogP contribution in [-0.2, 0) is 26.1 Å². The Balaban J connectivity index is 2.00. The van der Waals surface area contributed by atoms with Gasteiger partial charge >= 0.3 is 6.09 Å². The average molecular weight is 505 g/mol. The van der Waals surface area contributed by atoms with Crippen LogP contribution in [0.3, 0.4) is 0 Å². The number of hydrogen-bond donors (Lipinski definition) is 1. The van der Waals surface area contributed by atoms with Gasteiger partial charge in [-0.2, -0.15) is 4.31 Å². The molecule has 1 saturated carbocycles. The normalized spacial score (nSPS) is 22.6. The molecule has 34 heavy (non-hydrogen) atoms. The summed E-state index contributed by atoms with van der Waals surface area (Å²) in [6, 6.07) is 2.00. The number of halogens is 2. The van der Waals surface area contributed by atoms with Gasteiger partial charge in [0, 0.05) is 19.0 Å². The van der Waals surface area contributed by atoms with E-state index in [0.29, 0.717) is 33.4 Å². The molecule has 3 rings (SSSR count). The fourth-order valence-corrected chi connectivity index (χ4v) is 5.56. The van der Waals surface area contributed by atoms with Gasteiger partial charge in [-0.25, -0.2) is 22.0 Å². The number of aliphatic hydroxyl groups is 1. The van der Waals surface area contributed by atoms with Crippen LogP contribution in [0.4, 0.5) is 13.6 Å². The summed E-state index contributed by atoms with van der Waals surface area (Å²) in [6.45, 7) is 2.28. The molecular weight excluding hydrogens is 474 g/mol. The van der Waals surface area contributed by atoms with Crippen molar-refractivity contribution in [2.45, 2.75) is 63.8 Å². The van der Waals surface area contributed by atoms with E-state index in [0.717, 1.165) is 0 Å². The molecule has 1 aliphatic heterocycles. The number of nitrogens with zero attached hydrogens (tertiary/aromatic N) is 2. The molecule has 190 valence electrons. The molecule has 1 N–H and O–H groups in total. The Bertz CT molecular complexity index is 1020. The Morgan fingerprint density at radius 1 is 1.21 bits per heavy atom. The Hall–Kier alpha value is -2.31. The van der Waals surface area contributed by atoms with Gasteiger partial charge < -0.3 is 14.6 Å². The second kappa shape index (κ2) is 9.38. The van der Waals surface area contributed by atoms with Gasteiger partial charge in [-0.1, -0.05) is 12.1 Å². The first kappa shape index (κ1) is 26.3. The lowest BCUT2D eigenvalue weighted by molar-refractivity contribution is -0.113. The predicted octanol–water partition coefficient (Wildman–Crippen LogP) is 2.38. The fourth-order valence-electron chi connectivity index (χ4n) is 3.81. The minimum absolute atomic E-state index is 0.347. The zero-order valence-electron chi connectivity index (χ0n) is 19.5. The average Bonchev–Trinajstić information content (AvgIpc) is 3.55. The molecule has 12 heteroatoms. The molecule has 2 fully saturated rings. The van der Waals surface area contributed by atoms with Crippen LogP contribution in [0.1, 0.15) is 39.2 Å². The van der Waals surface area contributed by atoms with Crippen molar-refractivity contribution >= 4 is 21.2 Å². The smallest absolute Gasteiger partial charge is 0.410 e. The highest BCUT2D eigenvalue weighted by atomic mass is 32.2. The molecule has 2 aliphatic rings. The molecule has 0 spiro atoms. The maximum Gasteiger partial charge on any atom is 0.410 e. The van der Waals surface area contributed by atoms with Crippen LogP contribution >= 0.6 is 0 Å². The van der Waals surface area contributed by atoms with E-state index in [-0.39, 0.29) is 0 Å². The summed E-state index contributed by atoms with van der Waals surface area (Å²) in [5.74, 6) is -4.10. The number of alkyl halides is 2. The van der Waals surface area contributed by atoms with Gasteiger partial charge in [0.05, 0.1) is 13.7 Å². The van der Waals surface area contributed by atoms with Crippen molar-refractivity contribution in [3.05, 3.63) is 29.8 Å². The first-order valence-electron chi connectivity index (χ1n) is 10.9. The van der Waals surface area contributed by atoms with Crippen molar-refractivity contribution in [3.8, 4) is 5.75 Å². The maximum absolute atomic E-state index is 15.6. The van der Waals surface area contributed by atoms with Crippen molar-refractivity contribution in [1.29, 1.82) is 0 Å². The van der Waals surface area contributed by atoms with E-state index in [1.165, 1.54) is 19.2 Å². The highest BCUT2D eigenvalue weighted by Gasteiger charge is 2.63. The number of sulfonamides is 1. The van der Waals surface area contributed by atoms with Crippen LogP contribution in [0.25, 0.3) is 0 Å². The second-order valence-electron chi connectivity index (χ2n) is 9.51. The summed E-state index contributed by atoms with van der Waals surface area (Å²) < 4.78 is 68.3. The molecule has 2 atom stereocenters. The van der Waals surface area contributed by atoms with E-state index < -0.39 is 70.5 Å². The summed E-state index contributed by atoms with van der Waals surface area (Å²) in [5, 5.41) is 8.58. The zero-order valence-corrected chi connectivity index (χ0v) is 20.3. The number of rotatable bonds is 7. The molecule has 1 aromatic rings. The molecule has 1 aliphatic carbocycles. The zero-order chi connectivity index (χ0) is 25.5. The van der Waals surface area contributed by atoms with Crippen molar-refractivity contribution < 1.29 is 41.4 Å². The van der Waals surface area contributed by atoms with Gasteiger partial charge in [0.25, 0.3) is 21.1 Å². The Labute approximate surface area is 197 Å². The van der Waals surface area contributed by atoms with E-state index >= 15 is 8.78 Å². The van der Waals surface area contributed by atoms with Gasteiger partial charge in [-0.05, 0) is 51.3 Å². The summed E-state index contributed by atoms with van der Waals surface area (Å²) in [6.07, 6.45) is -0.360. The summed E-state index contributed by atoms with van der Waals surface area (Å²) in [4.78, 5) is 25.9. The van der Waals surface area contributed by atoms with Crippen LogP contribution in [-0.4, -0.2) is 77.8 Å². The van der Waals surface area contributed by atoms with Crippen LogP contribution in [0.15, 0.2) is 24.3 Å². The standard InChI is InChI=1S/C22H30F2N2O7S/c1-21(2,3)33-20(29)25-12-17(22(23,24)18(25)13-27)26(34(30,31)19(28)15-7-8-15)11-14-5-9-16(32-4)10-6-14/h5-6,9-10,15,17-18,27H,7-8,11-13H2,1-4H3/t17-,18-/m1/s1. The van der Waals surface area contributed by atoms with Gasteiger partial charge in [0.1, 0.15) is 23.4 Å². The number of benzene rings is 1. The van der Waals surface area contributed by atoms with E-state index in [2.05, 4.69) is 0 Å². The SMILES string of the molecule is COc1ccc(CN([C@@H]2CN(C(=O)OC(C)(C)C)[C@H](CO)C2(F)F)S(=O)(=O)C(=O)C2CC2)cc1. The van der Waals surface area contributed by atoms with Crippen LogP contribution < -0.4 is 4.74 Å². The quantitative estimate of drug-likeness (QED) is 0.607. The number of carbonyl (C=O) groups is 2. The highest BCUT2D eigenvalue weighted by molar-refractivity contribution is 8.04. The Morgan fingerprint density at radius 2 is 1.79 bits per heavy atom. The highest BCUT2D eigenvalue weighted by Crippen LogP contribution is 2.41. The lowest BCUT2D eigenvalue weighted by atomic mass is 10.1. The lowest BCUT2D eigenvalue weighted by Crippen LogP contribution is -2.54. The molecule has 0 bridgehead atoms. The number of ether oxygens (including phenoxy) is 2. The molecular formula is C22H30F2N2O7S. The minimum atomic E-state index is -4.80. The van der Waals surface area contributed by atoms with E-state index in [4.69, 9.17) is 9.47 Å². The third-order valence-corrected chi connectivity index (χ3v) is 7.60. The maximum atomic E-state index is 15.6. The first-order chi connectivity index (χ1) is 15.7. The Kier molecular flexibility index (Phi) is 7.26. The van der Waals surface area contributed by atoms with Crippen LogP contribution in [0.5, 0.6) is 5.75 Å². The number of amides is 1. The minimum Gasteiger partial charge on any atom is -0.497 e. The fraction of sp³-hybridized carbons (Fsp3) is 0.636. The number of carbonyl (C=O) groups excluding carboxylic acids is 2. The van der Waals surface area contributed by atoms with Gasteiger partial charge in [0.15, 0.2) is 0 Å². The van der Waals surface area contributed by atoms with Gasteiger partial charge in [0.2, 0.25) is 0 Å². The van der Waals surface area contributed by atoms with Crippen molar-refractivity contribution in [2.24, 2.45) is 5.92 Å². The molecule has 9 nitrogen and oxygen atoms in total. The molecule has 1 aromatic carbocycles. The largest absolute Gasteiger partial charge is 0.497 e. The number of methoxy groups -OCH3 is 1. The van der Waals surface area contributed by atoms with Gasteiger partial charge in [-0.3, -0.25) is 9.69 Å². The second-order valence-corrected chi connectivity index (χ2v) is 11.3. The van der Waals surface area contributed by atoms with Crippen LogP contribution in [0, 0.1) is 5.92 Å². The number of hydrogen-bond acceptors (Lipinski definition) is 7. The van der Waals surface area contributed by atoms with E-state index in [1.807, 2.05) is 0 Å². The molecule has 0 aromatic heterocycles. The predicted molar refractivity (Wildman–Crippen MR) is 118 cm³/mol. The lowest BCUT2D eigenvalue weighted by Gasteiger charge is -2.31. The van der Waals surface area contributed by atoms with Crippen molar-refractivity contribution in [2.75, 3.05) is 20.3 Å². The third kappa shape index (κ3) is 5.33. The summed E-state index contributed by atoms with van der Waals surface area (Å²) in [5.41, 5.74) is -0.651.